The molecule has 1 atom stereocenters. The van der Waals surface area contributed by atoms with Gasteiger partial charge < -0.3 is 10.4 Å². The summed E-state index contributed by atoms with van der Waals surface area (Å²) >= 11 is 0. The third-order valence-corrected chi connectivity index (χ3v) is 2.48. The highest BCUT2D eigenvalue weighted by Crippen LogP contribution is 2.26. The fourth-order valence-electron chi connectivity index (χ4n) is 1.62. The Bertz CT molecular complexity index is 179. The quantitative estimate of drug-likeness (QED) is 0.535. The van der Waals surface area contributed by atoms with Gasteiger partial charge in [0.1, 0.15) is 0 Å². The van der Waals surface area contributed by atoms with Crippen LogP contribution in [0.3, 0.4) is 0 Å². The summed E-state index contributed by atoms with van der Waals surface area (Å²) in [6, 6.07) is 0. The normalized spacial score (nSPS) is 28.2. The summed E-state index contributed by atoms with van der Waals surface area (Å²) in [6.07, 6.45) is 5.10. The third kappa shape index (κ3) is 1.28. The molecule has 1 aliphatic heterocycles. The van der Waals surface area contributed by atoms with Crippen LogP contribution in [0.2, 0.25) is 0 Å². The minimum Gasteiger partial charge on any atom is -0.353 e. The van der Waals surface area contributed by atoms with Crippen molar-refractivity contribution in [2.75, 3.05) is 0 Å². The molecule has 1 heterocycles. The fraction of sp³-hybridized carbons (Fsp3) is 0.750. The number of rotatable bonds is 3. The second kappa shape index (κ2) is 3.33. The number of nitrogens with two attached hydrogens (primary N) is 1. The lowest BCUT2D eigenvalue weighted by Crippen LogP contribution is -2.59. The second-order valence-electron chi connectivity index (χ2n) is 3.11. The standard InChI is InChI=1S/C8H17N3O/c1-3-7(4-2)8(12)10-5-6-11(8)9/h5-7,10,12H,3-4,9H2,1-2H3. The summed E-state index contributed by atoms with van der Waals surface area (Å²) in [6.45, 7) is 4.08. The summed E-state index contributed by atoms with van der Waals surface area (Å²) in [7, 11) is 0. The zero-order valence-electron chi connectivity index (χ0n) is 7.62. The van der Waals surface area contributed by atoms with Gasteiger partial charge in [-0.25, -0.2) is 5.84 Å². The monoisotopic (exact) mass is 171 g/mol. The van der Waals surface area contributed by atoms with Gasteiger partial charge in [0, 0.05) is 18.3 Å². The van der Waals surface area contributed by atoms with Crippen LogP contribution in [-0.4, -0.2) is 16.0 Å². The van der Waals surface area contributed by atoms with Gasteiger partial charge >= 0.3 is 0 Å². The van der Waals surface area contributed by atoms with Crippen LogP contribution in [0.1, 0.15) is 26.7 Å². The van der Waals surface area contributed by atoms with Crippen molar-refractivity contribution in [3.63, 3.8) is 0 Å². The van der Waals surface area contributed by atoms with E-state index in [-0.39, 0.29) is 5.92 Å². The molecule has 0 aliphatic carbocycles. The first-order valence-electron chi connectivity index (χ1n) is 4.36. The van der Waals surface area contributed by atoms with Gasteiger partial charge in [-0.1, -0.05) is 13.8 Å². The predicted molar refractivity (Wildman–Crippen MR) is 47.3 cm³/mol. The summed E-state index contributed by atoms with van der Waals surface area (Å²) < 4.78 is 0. The zero-order chi connectivity index (χ0) is 9.19. The van der Waals surface area contributed by atoms with Crippen molar-refractivity contribution < 1.29 is 5.11 Å². The van der Waals surface area contributed by atoms with E-state index in [0.29, 0.717) is 0 Å². The molecule has 0 aromatic rings. The molecule has 70 valence electrons. The van der Waals surface area contributed by atoms with Crippen molar-refractivity contribution in [3.8, 4) is 0 Å². The SMILES string of the molecule is CCC(CC)C1(O)NC=CN1N. The van der Waals surface area contributed by atoms with E-state index in [0.717, 1.165) is 12.8 Å². The van der Waals surface area contributed by atoms with Crippen LogP contribution in [0.15, 0.2) is 12.4 Å². The highest BCUT2D eigenvalue weighted by Gasteiger charge is 2.39. The third-order valence-electron chi connectivity index (χ3n) is 2.48. The first-order valence-corrected chi connectivity index (χ1v) is 4.36. The summed E-state index contributed by atoms with van der Waals surface area (Å²) in [5.41, 5.74) is 0. The van der Waals surface area contributed by atoms with Crippen molar-refractivity contribution in [1.82, 2.24) is 10.3 Å². The fourth-order valence-corrected chi connectivity index (χ4v) is 1.62. The Hall–Kier alpha value is -0.740. The first-order chi connectivity index (χ1) is 5.65. The topological polar surface area (TPSA) is 61.5 Å². The highest BCUT2D eigenvalue weighted by molar-refractivity contribution is 4.98. The maximum atomic E-state index is 10.0. The molecule has 0 spiro atoms. The van der Waals surface area contributed by atoms with Gasteiger partial charge in [0.15, 0.2) is 0 Å². The molecule has 0 aromatic heterocycles. The van der Waals surface area contributed by atoms with Crippen molar-refractivity contribution in [1.29, 1.82) is 0 Å². The largest absolute Gasteiger partial charge is 0.353 e. The van der Waals surface area contributed by atoms with Gasteiger partial charge in [-0.2, -0.15) is 0 Å². The zero-order valence-corrected chi connectivity index (χ0v) is 7.62. The molecule has 4 nitrogen and oxygen atoms in total. The number of aliphatic hydroxyl groups is 1. The molecular weight excluding hydrogens is 154 g/mol. The Kier molecular flexibility index (Phi) is 2.59. The van der Waals surface area contributed by atoms with Gasteiger partial charge in [0.2, 0.25) is 5.85 Å². The molecule has 0 amide bonds. The molecule has 4 heteroatoms. The van der Waals surface area contributed by atoms with E-state index in [1.807, 2.05) is 13.8 Å². The second-order valence-corrected chi connectivity index (χ2v) is 3.11. The Balaban J connectivity index is 2.70. The van der Waals surface area contributed by atoms with Crippen LogP contribution in [0.5, 0.6) is 0 Å². The van der Waals surface area contributed by atoms with Crippen LogP contribution in [-0.2, 0) is 0 Å². The number of hydrogen-bond acceptors (Lipinski definition) is 4. The molecule has 0 radical (unpaired) electrons. The van der Waals surface area contributed by atoms with E-state index in [2.05, 4.69) is 5.32 Å². The van der Waals surface area contributed by atoms with Crippen LogP contribution >= 0.6 is 0 Å². The summed E-state index contributed by atoms with van der Waals surface area (Å²) in [5.74, 6) is 4.67. The lowest BCUT2D eigenvalue weighted by Gasteiger charge is -2.37. The molecule has 0 saturated heterocycles. The highest BCUT2D eigenvalue weighted by atomic mass is 16.3. The number of hydrazine groups is 1. The van der Waals surface area contributed by atoms with Gasteiger partial charge in [-0.3, -0.25) is 5.01 Å². The summed E-state index contributed by atoms with van der Waals surface area (Å²) in [4.78, 5) is 0. The van der Waals surface area contributed by atoms with Gasteiger partial charge in [0.05, 0.1) is 0 Å². The maximum absolute atomic E-state index is 10.0. The van der Waals surface area contributed by atoms with E-state index >= 15 is 0 Å². The molecule has 4 N–H and O–H groups in total. The number of hydrogen-bond donors (Lipinski definition) is 3. The molecule has 1 aliphatic rings. The molecule has 1 unspecified atom stereocenters. The van der Waals surface area contributed by atoms with Crippen LogP contribution in [0.25, 0.3) is 0 Å². The predicted octanol–water partition coefficient (Wildman–Crippen LogP) is 0.319. The smallest absolute Gasteiger partial charge is 0.232 e. The maximum Gasteiger partial charge on any atom is 0.232 e. The molecule has 1 rings (SSSR count). The summed E-state index contributed by atoms with van der Waals surface area (Å²) in [5, 5.41) is 14.2. The van der Waals surface area contributed by atoms with Crippen molar-refractivity contribution in [2.24, 2.45) is 11.8 Å². The van der Waals surface area contributed by atoms with Gasteiger partial charge in [-0.05, 0) is 12.8 Å². The molecule has 0 bridgehead atoms. The van der Waals surface area contributed by atoms with E-state index in [1.54, 1.807) is 12.4 Å². The Morgan fingerprint density at radius 2 is 2.17 bits per heavy atom. The van der Waals surface area contributed by atoms with E-state index < -0.39 is 5.85 Å². The van der Waals surface area contributed by atoms with Crippen molar-refractivity contribution in [2.45, 2.75) is 32.5 Å². The van der Waals surface area contributed by atoms with E-state index in [9.17, 15) is 5.11 Å². The molecule has 12 heavy (non-hydrogen) atoms. The lowest BCUT2D eigenvalue weighted by molar-refractivity contribution is -0.137. The average molecular weight is 171 g/mol. The lowest BCUT2D eigenvalue weighted by atomic mass is 9.97. The van der Waals surface area contributed by atoms with Gasteiger partial charge in [0.25, 0.3) is 0 Å². The number of nitrogens with one attached hydrogen (secondary N) is 1. The molecule has 0 saturated carbocycles. The van der Waals surface area contributed by atoms with Crippen molar-refractivity contribution >= 4 is 0 Å². The number of nitrogens with zero attached hydrogens (tertiary/aromatic N) is 1. The minimum absolute atomic E-state index is 0.150. The Morgan fingerprint density at radius 1 is 1.58 bits per heavy atom. The van der Waals surface area contributed by atoms with Crippen LogP contribution in [0, 0.1) is 5.92 Å². The van der Waals surface area contributed by atoms with Crippen LogP contribution in [0.4, 0.5) is 0 Å². The van der Waals surface area contributed by atoms with E-state index in [4.69, 9.17) is 5.84 Å². The van der Waals surface area contributed by atoms with Gasteiger partial charge in [-0.15, -0.1) is 0 Å². The minimum atomic E-state index is -1.08. The van der Waals surface area contributed by atoms with E-state index in [1.165, 1.54) is 5.01 Å². The molecule has 0 fully saturated rings. The van der Waals surface area contributed by atoms with Crippen molar-refractivity contribution in [3.05, 3.63) is 12.4 Å². The average Bonchev–Trinajstić information content (AvgIpc) is 2.36. The molecular formula is C8H17N3O. The Morgan fingerprint density at radius 3 is 2.50 bits per heavy atom. The Labute approximate surface area is 73.0 Å². The first kappa shape index (κ1) is 9.35. The van der Waals surface area contributed by atoms with Crippen LogP contribution < -0.4 is 11.2 Å². The molecule has 0 aromatic carbocycles.